The van der Waals surface area contributed by atoms with Crippen LogP contribution in [0.2, 0.25) is 0 Å². The maximum Gasteiger partial charge on any atom is 0.306 e. The van der Waals surface area contributed by atoms with E-state index in [-0.39, 0.29) is 31.1 Å². The first-order valence-electron chi connectivity index (χ1n) is 36.8. The summed E-state index contributed by atoms with van der Waals surface area (Å²) in [5.74, 6) is -0.847. The molecule has 0 spiro atoms. The van der Waals surface area contributed by atoms with Crippen LogP contribution in [0.25, 0.3) is 0 Å². The quantitative estimate of drug-likeness (QED) is 0.0261. The molecule has 0 amide bonds. The van der Waals surface area contributed by atoms with E-state index in [1.807, 2.05) is 0 Å². The molecule has 0 aromatic carbocycles. The van der Waals surface area contributed by atoms with Crippen LogP contribution in [0.3, 0.4) is 0 Å². The van der Waals surface area contributed by atoms with Crippen molar-refractivity contribution in [2.75, 3.05) is 13.2 Å². The zero-order valence-corrected chi connectivity index (χ0v) is 55.7. The Morgan fingerprint density at radius 2 is 0.470 bits per heavy atom. The molecule has 1 atom stereocenters. The molecule has 0 radical (unpaired) electrons. The third-order valence-corrected chi connectivity index (χ3v) is 16.5. The lowest BCUT2D eigenvalue weighted by molar-refractivity contribution is -0.167. The van der Waals surface area contributed by atoms with Crippen LogP contribution < -0.4 is 0 Å². The minimum atomic E-state index is -0.776. The van der Waals surface area contributed by atoms with Crippen molar-refractivity contribution in [3.63, 3.8) is 0 Å². The van der Waals surface area contributed by atoms with Gasteiger partial charge in [-0.3, -0.25) is 14.4 Å². The van der Waals surface area contributed by atoms with Gasteiger partial charge >= 0.3 is 17.9 Å². The first kappa shape index (κ1) is 80.1. The van der Waals surface area contributed by atoms with Crippen molar-refractivity contribution >= 4 is 17.9 Å². The number of unbranched alkanes of at least 4 members (excludes halogenated alkanes) is 47. The smallest absolute Gasteiger partial charge is 0.306 e. The van der Waals surface area contributed by atoms with Gasteiger partial charge in [0.05, 0.1) is 0 Å². The average Bonchev–Trinajstić information content (AvgIpc) is 3.49. The molecule has 0 saturated heterocycles. The van der Waals surface area contributed by atoms with E-state index in [1.165, 1.54) is 270 Å². The van der Waals surface area contributed by atoms with Gasteiger partial charge in [-0.2, -0.15) is 0 Å². The Labute approximate surface area is 517 Å². The van der Waals surface area contributed by atoms with Gasteiger partial charge in [0.25, 0.3) is 0 Å². The summed E-state index contributed by atoms with van der Waals surface area (Å²) in [6.07, 6.45) is 92.5. The van der Waals surface area contributed by atoms with Crippen LogP contribution in [0.4, 0.5) is 0 Å². The van der Waals surface area contributed by atoms with Gasteiger partial charge < -0.3 is 14.2 Å². The van der Waals surface area contributed by atoms with Crippen molar-refractivity contribution in [1.82, 2.24) is 0 Å². The zero-order chi connectivity index (χ0) is 59.9. The van der Waals surface area contributed by atoms with Crippen LogP contribution in [0.1, 0.15) is 393 Å². The molecule has 484 valence electrons. The van der Waals surface area contributed by atoms with Gasteiger partial charge in [0.1, 0.15) is 13.2 Å². The Kier molecular flexibility index (Phi) is 69.1. The highest BCUT2D eigenvalue weighted by Gasteiger charge is 2.19. The molecule has 83 heavy (non-hydrogen) atoms. The predicted octanol–water partition coefficient (Wildman–Crippen LogP) is 25.5. The highest BCUT2D eigenvalue weighted by molar-refractivity contribution is 5.71. The Morgan fingerprint density at radius 1 is 0.253 bits per heavy atom. The first-order chi connectivity index (χ1) is 41.0. The van der Waals surface area contributed by atoms with E-state index >= 15 is 0 Å². The van der Waals surface area contributed by atoms with Gasteiger partial charge in [-0.15, -0.1) is 0 Å². The minimum Gasteiger partial charge on any atom is -0.462 e. The number of allylic oxidation sites excluding steroid dienone is 10. The molecule has 0 aliphatic rings. The summed E-state index contributed by atoms with van der Waals surface area (Å²) >= 11 is 0. The van der Waals surface area contributed by atoms with E-state index in [9.17, 15) is 14.4 Å². The predicted molar refractivity (Wildman–Crippen MR) is 362 cm³/mol. The van der Waals surface area contributed by atoms with Gasteiger partial charge in [0, 0.05) is 19.3 Å². The van der Waals surface area contributed by atoms with E-state index in [1.54, 1.807) is 0 Å². The van der Waals surface area contributed by atoms with Crippen molar-refractivity contribution in [3.05, 3.63) is 60.8 Å². The molecule has 0 rings (SSSR count). The van der Waals surface area contributed by atoms with E-state index < -0.39 is 6.10 Å². The SMILES string of the molecule is CC/C=C\C/C=C\C/C=C\C/C=C\CCCCCCCCCCCCC(=O)OC(COC(=O)CCCCCCCCCCCCCCCCC)COC(=O)CCCCCCCCCCCCCCCCC/C=C\CCCCCCCCCC. The second-order valence-electron chi connectivity index (χ2n) is 24.8. The van der Waals surface area contributed by atoms with Gasteiger partial charge in [-0.05, 0) is 83.5 Å². The molecule has 1 unspecified atom stereocenters. The normalized spacial score (nSPS) is 12.4. The van der Waals surface area contributed by atoms with E-state index in [0.717, 1.165) is 83.5 Å². The van der Waals surface area contributed by atoms with Crippen LogP contribution in [0.15, 0.2) is 60.8 Å². The topological polar surface area (TPSA) is 78.9 Å². The average molecular weight is 1160 g/mol. The summed E-state index contributed by atoms with van der Waals surface area (Å²) in [5, 5.41) is 0. The molecule has 0 heterocycles. The van der Waals surface area contributed by atoms with Gasteiger partial charge in [0.15, 0.2) is 6.10 Å². The molecular weight excluding hydrogens is 1020 g/mol. The molecule has 0 bridgehead atoms. The third kappa shape index (κ3) is 69.8. The van der Waals surface area contributed by atoms with E-state index in [4.69, 9.17) is 14.2 Å². The maximum absolute atomic E-state index is 13.0. The monoisotopic (exact) mass is 1160 g/mol. The molecule has 0 aromatic rings. The van der Waals surface area contributed by atoms with Crippen molar-refractivity contribution in [2.24, 2.45) is 0 Å². The van der Waals surface area contributed by atoms with Crippen LogP contribution in [-0.2, 0) is 28.6 Å². The summed E-state index contributed by atoms with van der Waals surface area (Å²) in [5.41, 5.74) is 0. The number of ether oxygens (including phenoxy) is 3. The second-order valence-corrected chi connectivity index (χ2v) is 24.8. The highest BCUT2D eigenvalue weighted by atomic mass is 16.6. The summed E-state index contributed by atoms with van der Waals surface area (Å²) < 4.78 is 17.0. The molecular formula is C77H140O6. The Hall–Kier alpha value is -2.89. The van der Waals surface area contributed by atoms with E-state index in [0.29, 0.717) is 19.3 Å². The highest BCUT2D eigenvalue weighted by Crippen LogP contribution is 2.18. The maximum atomic E-state index is 13.0. The molecule has 0 aromatic heterocycles. The summed E-state index contributed by atoms with van der Waals surface area (Å²) in [4.78, 5) is 38.5. The van der Waals surface area contributed by atoms with Gasteiger partial charge in [0.2, 0.25) is 0 Å². The van der Waals surface area contributed by atoms with Crippen molar-refractivity contribution in [3.8, 4) is 0 Å². The summed E-state index contributed by atoms with van der Waals surface area (Å²) in [6.45, 7) is 6.60. The fourth-order valence-corrected chi connectivity index (χ4v) is 11.0. The molecule has 0 aliphatic carbocycles. The fraction of sp³-hybridized carbons (Fsp3) is 0.831. The van der Waals surface area contributed by atoms with Crippen LogP contribution in [0, 0.1) is 0 Å². The number of hydrogen-bond donors (Lipinski definition) is 0. The fourth-order valence-electron chi connectivity index (χ4n) is 11.0. The zero-order valence-electron chi connectivity index (χ0n) is 55.7. The largest absolute Gasteiger partial charge is 0.462 e. The van der Waals surface area contributed by atoms with Crippen LogP contribution in [0.5, 0.6) is 0 Å². The molecule has 0 fully saturated rings. The summed E-state index contributed by atoms with van der Waals surface area (Å²) in [7, 11) is 0. The molecule has 0 saturated carbocycles. The first-order valence-corrected chi connectivity index (χ1v) is 36.8. The number of esters is 3. The van der Waals surface area contributed by atoms with Gasteiger partial charge in [-0.1, -0.05) is 351 Å². The lowest BCUT2D eigenvalue weighted by atomic mass is 10.0. The lowest BCUT2D eigenvalue weighted by Crippen LogP contribution is -2.30. The van der Waals surface area contributed by atoms with E-state index in [2.05, 4.69) is 81.5 Å². The number of carbonyl (C=O) groups is 3. The Balaban J connectivity index is 4.26. The van der Waals surface area contributed by atoms with Crippen LogP contribution in [-0.4, -0.2) is 37.2 Å². The number of carbonyl (C=O) groups excluding carboxylic acids is 3. The van der Waals surface area contributed by atoms with Crippen molar-refractivity contribution in [2.45, 2.75) is 399 Å². The Morgan fingerprint density at radius 3 is 0.747 bits per heavy atom. The number of rotatable bonds is 68. The molecule has 6 heteroatoms. The lowest BCUT2D eigenvalue weighted by Gasteiger charge is -2.18. The minimum absolute atomic E-state index is 0.0707. The van der Waals surface area contributed by atoms with Crippen molar-refractivity contribution in [1.29, 1.82) is 0 Å². The standard InChI is InChI=1S/C77H140O6/c1-4-7-10-13-16-19-22-25-28-30-32-34-36-37-38-39-41-42-44-46-49-52-55-58-61-64-67-70-76(79)82-73-74(72-81-75(78)69-66-63-60-57-54-51-48-27-24-21-18-15-12-9-6-3)83-77(80)71-68-65-62-59-56-53-50-47-45-43-40-35-33-31-29-26-23-20-17-14-11-8-5-2/h8,11,17,20,26,29-30,32-33,35,74H,4-7,9-10,12-16,18-19,21-25,27-28,31,34,36-73H2,1-3H3/b11-8-,20-17-,29-26-,32-30-,35-33-. The van der Waals surface area contributed by atoms with Crippen LogP contribution >= 0.6 is 0 Å². The number of hydrogen-bond acceptors (Lipinski definition) is 6. The van der Waals surface area contributed by atoms with Crippen molar-refractivity contribution < 1.29 is 28.6 Å². The molecule has 0 N–H and O–H groups in total. The molecule has 6 nitrogen and oxygen atoms in total. The van der Waals surface area contributed by atoms with Gasteiger partial charge in [-0.25, -0.2) is 0 Å². The second kappa shape index (κ2) is 71.6. The Bertz CT molecular complexity index is 1470. The molecule has 0 aliphatic heterocycles. The summed E-state index contributed by atoms with van der Waals surface area (Å²) in [6, 6.07) is 0. The third-order valence-electron chi connectivity index (χ3n) is 16.5.